The van der Waals surface area contributed by atoms with Crippen molar-refractivity contribution in [1.82, 2.24) is 5.32 Å². The van der Waals surface area contributed by atoms with Crippen molar-refractivity contribution in [3.8, 4) is 0 Å². The lowest BCUT2D eigenvalue weighted by atomic mass is 10.1. The highest BCUT2D eigenvalue weighted by Crippen LogP contribution is 2.25. The molecule has 0 saturated heterocycles. The summed E-state index contributed by atoms with van der Waals surface area (Å²) >= 11 is 0. The average Bonchev–Trinajstić information content (AvgIpc) is 2.76. The van der Waals surface area contributed by atoms with E-state index in [4.69, 9.17) is 5.11 Å². The van der Waals surface area contributed by atoms with E-state index in [1.54, 1.807) is 11.0 Å². The van der Waals surface area contributed by atoms with E-state index in [-0.39, 0.29) is 37.6 Å². The summed E-state index contributed by atoms with van der Waals surface area (Å²) in [6.45, 7) is 6.54. The SMILES string of the molecule is C=Cc1ccccc1N(Cc1ccccc1C)C(=O)CCNC(=O)CCCCC(=O)O. The van der Waals surface area contributed by atoms with Crippen molar-refractivity contribution in [2.45, 2.75) is 45.6 Å². The van der Waals surface area contributed by atoms with Gasteiger partial charge >= 0.3 is 5.97 Å². The summed E-state index contributed by atoms with van der Waals surface area (Å²) in [4.78, 5) is 37.3. The van der Waals surface area contributed by atoms with Crippen LogP contribution in [0.15, 0.2) is 55.1 Å². The molecule has 31 heavy (non-hydrogen) atoms. The molecule has 0 aliphatic carbocycles. The van der Waals surface area contributed by atoms with Gasteiger partial charge in [0.25, 0.3) is 0 Å². The van der Waals surface area contributed by atoms with Gasteiger partial charge in [0.2, 0.25) is 11.8 Å². The Morgan fingerprint density at radius 1 is 1.00 bits per heavy atom. The Hall–Kier alpha value is -3.41. The van der Waals surface area contributed by atoms with Gasteiger partial charge < -0.3 is 15.3 Å². The van der Waals surface area contributed by atoms with Gasteiger partial charge in [-0.1, -0.05) is 55.1 Å². The van der Waals surface area contributed by atoms with Crippen LogP contribution in [0, 0.1) is 6.92 Å². The zero-order valence-corrected chi connectivity index (χ0v) is 18.0. The van der Waals surface area contributed by atoms with Crippen molar-refractivity contribution in [1.29, 1.82) is 0 Å². The highest BCUT2D eigenvalue weighted by molar-refractivity contribution is 5.95. The lowest BCUT2D eigenvalue weighted by Crippen LogP contribution is -2.34. The molecule has 0 fully saturated rings. The summed E-state index contributed by atoms with van der Waals surface area (Å²) in [6, 6.07) is 15.5. The molecule has 2 amide bonds. The fourth-order valence-corrected chi connectivity index (χ4v) is 3.27. The third-order valence-corrected chi connectivity index (χ3v) is 5.04. The molecule has 6 heteroatoms. The third kappa shape index (κ3) is 7.74. The maximum atomic E-state index is 13.1. The number of aryl methyl sites for hydroxylation is 1. The molecule has 0 aromatic heterocycles. The second kappa shape index (κ2) is 12.3. The first-order chi connectivity index (χ1) is 14.9. The second-order valence-corrected chi connectivity index (χ2v) is 7.37. The lowest BCUT2D eigenvalue weighted by Gasteiger charge is -2.26. The predicted octanol–water partition coefficient (Wildman–Crippen LogP) is 4.32. The van der Waals surface area contributed by atoms with Gasteiger partial charge in [0.1, 0.15) is 0 Å². The molecule has 0 atom stereocenters. The summed E-state index contributed by atoms with van der Waals surface area (Å²) < 4.78 is 0. The molecule has 0 spiro atoms. The Morgan fingerprint density at radius 3 is 2.39 bits per heavy atom. The van der Waals surface area contributed by atoms with E-state index < -0.39 is 5.97 Å². The van der Waals surface area contributed by atoms with Crippen molar-refractivity contribution < 1.29 is 19.5 Å². The number of rotatable bonds is 12. The zero-order chi connectivity index (χ0) is 22.6. The third-order valence-electron chi connectivity index (χ3n) is 5.04. The fourth-order valence-electron chi connectivity index (χ4n) is 3.27. The summed E-state index contributed by atoms with van der Waals surface area (Å²) in [7, 11) is 0. The summed E-state index contributed by atoms with van der Waals surface area (Å²) in [5, 5.41) is 11.4. The first-order valence-corrected chi connectivity index (χ1v) is 10.5. The van der Waals surface area contributed by atoms with E-state index in [0.29, 0.717) is 19.4 Å². The Balaban J connectivity index is 2.02. The number of para-hydroxylation sites is 1. The number of hydrogen-bond donors (Lipinski definition) is 2. The topological polar surface area (TPSA) is 86.7 Å². The van der Waals surface area contributed by atoms with E-state index in [1.165, 1.54) is 0 Å². The molecule has 0 aliphatic rings. The smallest absolute Gasteiger partial charge is 0.303 e. The minimum absolute atomic E-state index is 0.0579. The molecular weight excluding hydrogens is 392 g/mol. The van der Waals surface area contributed by atoms with Crippen LogP contribution in [-0.2, 0) is 20.9 Å². The quantitative estimate of drug-likeness (QED) is 0.499. The Labute approximate surface area is 183 Å². The molecule has 0 heterocycles. The molecule has 2 N–H and O–H groups in total. The number of carbonyl (C=O) groups excluding carboxylic acids is 2. The number of unbranched alkanes of at least 4 members (excludes halogenated alkanes) is 1. The summed E-state index contributed by atoms with van der Waals surface area (Å²) in [5.41, 5.74) is 3.81. The van der Waals surface area contributed by atoms with E-state index in [0.717, 1.165) is 22.4 Å². The molecule has 6 nitrogen and oxygen atoms in total. The van der Waals surface area contributed by atoms with Gasteiger partial charge in [0.05, 0.1) is 12.2 Å². The van der Waals surface area contributed by atoms with Gasteiger partial charge in [-0.05, 0) is 42.5 Å². The number of anilines is 1. The number of nitrogens with one attached hydrogen (secondary N) is 1. The number of amides is 2. The number of carboxylic acid groups (broad SMARTS) is 1. The molecule has 2 rings (SSSR count). The monoisotopic (exact) mass is 422 g/mol. The Kier molecular flexibility index (Phi) is 9.49. The Bertz CT molecular complexity index is 923. The van der Waals surface area contributed by atoms with E-state index in [2.05, 4.69) is 11.9 Å². The number of nitrogens with zero attached hydrogens (tertiary/aromatic N) is 1. The van der Waals surface area contributed by atoms with Crippen LogP contribution in [0.3, 0.4) is 0 Å². The van der Waals surface area contributed by atoms with Crippen LogP contribution in [0.4, 0.5) is 5.69 Å². The van der Waals surface area contributed by atoms with Crippen molar-refractivity contribution in [2.24, 2.45) is 0 Å². The molecule has 164 valence electrons. The predicted molar refractivity (Wildman–Crippen MR) is 123 cm³/mol. The maximum Gasteiger partial charge on any atom is 0.303 e. The minimum Gasteiger partial charge on any atom is -0.481 e. The number of carbonyl (C=O) groups is 3. The fraction of sp³-hybridized carbons (Fsp3) is 0.320. The van der Waals surface area contributed by atoms with Gasteiger partial charge in [-0.2, -0.15) is 0 Å². The number of benzene rings is 2. The summed E-state index contributed by atoms with van der Waals surface area (Å²) in [6.07, 6.45) is 3.18. The van der Waals surface area contributed by atoms with Gasteiger partial charge in [-0.25, -0.2) is 0 Å². The van der Waals surface area contributed by atoms with E-state index in [1.807, 2.05) is 55.5 Å². The largest absolute Gasteiger partial charge is 0.481 e. The number of carboxylic acids is 1. The molecule has 0 saturated carbocycles. The van der Waals surface area contributed by atoms with E-state index in [9.17, 15) is 14.4 Å². The second-order valence-electron chi connectivity index (χ2n) is 7.37. The molecule has 0 radical (unpaired) electrons. The standard InChI is InChI=1S/C25H30N2O4/c1-3-20-11-6-7-13-22(20)27(18-21-12-5-4-10-19(21)2)24(29)16-17-26-23(28)14-8-9-15-25(30)31/h3-7,10-13H,1,8-9,14-18H2,2H3,(H,26,28)(H,30,31). The highest BCUT2D eigenvalue weighted by atomic mass is 16.4. The average molecular weight is 423 g/mol. The van der Waals surface area contributed by atoms with Crippen LogP contribution < -0.4 is 10.2 Å². The van der Waals surface area contributed by atoms with Crippen molar-refractivity contribution in [3.05, 3.63) is 71.8 Å². The van der Waals surface area contributed by atoms with Gasteiger partial charge in [-0.3, -0.25) is 14.4 Å². The van der Waals surface area contributed by atoms with E-state index >= 15 is 0 Å². The Morgan fingerprint density at radius 2 is 1.68 bits per heavy atom. The molecular formula is C25H30N2O4. The molecule has 2 aromatic carbocycles. The van der Waals surface area contributed by atoms with Crippen LogP contribution in [0.25, 0.3) is 6.08 Å². The van der Waals surface area contributed by atoms with Gasteiger partial charge in [0.15, 0.2) is 0 Å². The summed E-state index contributed by atoms with van der Waals surface area (Å²) in [5.74, 6) is -1.13. The van der Waals surface area contributed by atoms with Crippen LogP contribution in [0.1, 0.15) is 48.8 Å². The van der Waals surface area contributed by atoms with Crippen LogP contribution in [-0.4, -0.2) is 29.4 Å². The number of hydrogen-bond acceptors (Lipinski definition) is 3. The highest BCUT2D eigenvalue weighted by Gasteiger charge is 2.19. The van der Waals surface area contributed by atoms with Gasteiger partial charge in [-0.15, -0.1) is 0 Å². The normalized spacial score (nSPS) is 10.4. The maximum absolute atomic E-state index is 13.1. The molecule has 0 bridgehead atoms. The zero-order valence-electron chi connectivity index (χ0n) is 18.0. The lowest BCUT2D eigenvalue weighted by molar-refractivity contribution is -0.137. The van der Waals surface area contributed by atoms with Crippen LogP contribution in [0.2, 0.25) is 0 Å². The molecule has 2 aromatic rings. The van der Waals surface area contributed by atoms with Crippen LogP contribution in [0.5, 0.6) is 0 Å². The minimum atomic E-state index is -0.862. The first kappa shape index (κ1) is 23.9. The molecule has 0 aliphatic heterocycles. The van der Waals surface area contributed by atoms with Crippen molar-refractivity contribution >= 4 is 29.5 Å². The molecule has 0 unspecified atom stereocenters. The number of aliphatic carboxylic acids is 1. The van der Waals surface area contributed by atoms with Crippen molar-refractivity contribution in [3.63, 3.8) is 0 Å². The van der Waals surface area contributed by atoms with Crippen LogP contribution >= 0.6 is 0 Å². The first-order valence-electron chi connectivity index (χ1n) is 10.5. The van der Waals surface area contributed by atoms with Crippen molar-refractivity contribution in [2.75, 3.05) is 11.4 Å². The van der Waals surface area contributed by atoms with Gasteiger partial charge in [0, 0.05) is 25.8 Å².